The lowest BCUT2D eigenvalue weighted by molar-refractivity contribution is -0.385. The fourth-order valence-corrected chi connectivity index (χ4v) is 5.12. The normalized spacial score (nSPS) is 16.6. The summed E-state index contributed by atoms with van der Waals surface area (Å²) in [6.07, 6.45) is 12.3. The maximum Gasteiger partial charge on any atom is 0.277 e. The number of nitro benzene ring substituents is 1. The molecule has 1 aliphatic heterocycles. The predicted octanol–water partition coefficient (Wildman–Crippen LogP) is 9.37. The first-order chi connectivity index (χ1) is 18.6. The number of nitro groups is 1. The van der Waals surface area contributed by atoms with Crippen LogP contribution in [-0.4, -0.2) is 4.92 Å². The number of nitrogens with zero attached hydrogens (tertiary/aromatic N) is 2. The van der Waals surface area contributed by atoms with Gasteiger partial charge in [-0.15, -0.1) is 13.2 Å². The molecule has 0 unspecified atom stereocenters. The lowest BCUT2D eigenvalue weighted by Crippen LogP contribution is -2.21. The van der Waals surface area contributed by atoms with Crippen molar-refractivity contribution in [3.8, 4) is 0 Å². The lowest BCUT2D eigenvalue weighted by atomic mass is 9.91. The molecule has 3 aromatic carbocycles. The monoisotopic (exact) mass is 500 g/mol. The Morgan fingerprint density at radius 1 is 0.895 bits per heavy atom. The van der Waals surface area contributed by atoms with E-state index in [4.69, 9.17) is 0 Å². The standard InChI is InChI=1S/C32H28N2O2.C2H4/c1-3-12-28-26-16-8-9-17-27(26)29-21-19-23(25-15-10-11-18-32(25)34(35)36)20-22-31(29)33(30(28)4-2)24-13-6-5-7-14-24;1-2/h4-20,22H,3,21H2,1-2H3;1-2H2/b28-12-,30-4+;. The molecule has 5 rings (SSSR count). The van der Waals surface area contributed by atoms with Gasteiger partial charge in [0.15, 0.2) is 0 Å². The van der Waals surface area contributed by atoms with Crippen molar-refractivity contribution >= 4 is 28.1 Å². The predicted molar refractivity (Wildman–Crippen MR) is 160 cm³/mol. The van der Waals surface area contributed by atoms with Crippen LogP contribution in [0.1, 0.15) is 43.4 Å². The molecule has 190 valence electrons. The molecule has 1 heterocycles. The number of anilines is 1. The highest BCUT2D eigenvalue weighted by Crippen LogP contribution is 2.45. The molecular formula is C34H32N2O2. The average molecular weight is 501 g/mol. The highest BCUT2D eigenvalue weighted by Gasteiger charge is 2.29. The summed E-state index contributed by atoms with van der Waals surface area (Å²) in [4.78, 5) is 13.8. The Balaban J connectivity index is 0.00000164. The second kappa shape index (κ2) is 12.0. The van der Waals surface area contributed by atoms with Crippen LogP contribution < -0.4 is 4.90 Å². The van der Waals surface area contributed by atoms with E-state index in [2.05, 4.69) is 105 Å². The summed E-state index contributed by atoms with van der Waals surface area (Å²) in [7, 11) is 0. The van der Waals surface area contributed by atoms with Crippen LogP contribution in [0.3, 0.4) is 0 Å². The fraction of sp³-hybridized carbons (Fsp3) is 0.118. The molecular weight excluding hydrogens is 468 g/mol. The third-order valence-electron chi connectivity index (χ3n) is 6.66. The zero-order chi connectivity index (χ0) is 27.1. The summed E-state index contributed by atoms with van der Waals surface area (Å²) in [6.45, 7) is 10.3. The molecule has 0 radical (unpaired) electrons. The van der Waals surface area contributed by atoms with Gasteiger partial charge in [-0.2, -0.15) is 0 Å². The summed E-state index contributed by atoms with van der Waals surface area (Å²) in [5, 5.41) is 11.7. The molecule has 0 bridgehead atoms. The second-order valence-electron chi connectivity index (χ2n) is 8.75. The number of allylic oxidation sites excluding steroid dienone is 8. The van der Waals surface area contributed by atoms with Gasteiger partial charge in [-0.05, 0) is 66.3 Å². The van der Waals surface area contributed by atoms with Gasteiger partial charge in [0.25, 0.3) is 5.69 Å². The van der Waals surface area contributed by atoms with Crippen LogP contribution >= 0.6 is 0 Å². The number of fused-ring (bicyclic) bond motifs is 2. The van der Waals surface area contributed by atoms with Crippen molar-refractivity contribution in [3.05, 3.63) is 161 Å². The molecule has 0 saturated heterocycles. The first kappa shape index (κ1) is 26.4. The van der Waals surface area contributed by atoms with E-state index in [1.807, 2.05) is 24.3 Å². The van der Waals surface area contributed by atoms with Gasteiger partial charge in [0.05, 0.1) is 16.2 Å². The minimum absolute atomic E-state index is 0.119. The minimum Gasteiger partial charge on any atom is -0.310 e. The van der Waals surface area contributed by atoms with Crippen molar-refractivity contribution in [2.24, 2.45) is 0 Å². The molecule has 0 aromatic heterocycles. The highest BCUT2D eigenvalue weighted by molar-refractivity contribution is 5.97. The minimum atomic E-state index is -0.307. The number of benzene rings is 3. The Labute approximate surface area is 225 Å². The number of rotatable bonds is 4. The Bertz CT molecular complexity index is 1490. The number of hydrogen-bond acceptors (Lipinski definition) is 3. The SMILES string of the molecule is C/C=C1\C(=C/CC)c2ccccc2C2=C(C=CC(c3ccccc3[N+](=O)[O-])=CC2)N1c1ccccc1.C=C. The third kappa shape index (κ3) is 4.94. The van der Waals surface area contributed by atoms with Crippen LogP contribution in [0.5, 0.6) is 0 Å². The highest BCUT2D eigenvalue weighted by atomic mass is 16.6. The van der Waals surface area contributed by atoms with Crippen molar-refractivity contribution in [3.63, 3.8) is 0 Å². The van der Waals surface area contributed by atoms with E-state index in [0.29, 0.717) is 12.0 Å². The maximum atomic E-state index is 11.7. The quantitative estimate of drug-likeness (QED) is 0.204. The van der Waals surface area contributed by atoms with Gasteiger partial charge in [-0.1, -0.05) is 85.8 Å². The van der Waals surface area contributed by atoms with Crippen molar-refractivity contribution in [2.45, 2.75) is 26.7 Å². The van der Waals surface area contributed by atoms with E-state index >= 15 is 0 Å². The van der Waals surface area contributed by atoms with Gasteiger partial charge >= 0.3 is 0 Å². The Hall–Kier alpha value is -4.70. The molecule has 0 N–H and O–H groups in total. The van der Waals surface area contributed by atoms with Crippen LogP contribution in [0.2, 0.25) is 0 Å². The van der Waals surface area contributed by atoms with E-state index in [0.717, 1.165) is 29.1 Å². The van der Waals surface area contributed by atoms with E-state index in [-0.39, 0.29) is 10.6 Å². The fourth-order valence-electron chi connectivity index (χ4n) is 5.12. The topological polar surface area (TPSA) is 46.4 Å². The Morgan fingerprint density at radius 3 is 2.18 bits per heavy atom. The van der Waals surface area contributed by atoms with E-state index in [1.165, 1.54) is 22.3 Å². The number of hydrogen-bond donors (Lipinski definition) is 0. The molecule has 0 spiro atoms. The summed E-state index contributed by atoms with van der Waals surface area (Å²) in [5.74, 6) is 0. The Morgan fingerprint density at radius 2 is 1.53 bits per heavy atom. The molecule has 38 heavy (non-hydrogen) atoms. The molecule has 4 nitrogen and oxygen atoms in total. The van der Waals surface area contributed by atoms with Crippen LogP contribution in [0, 0.1) is 10.1 Å². The van der Waals surface area contributed by atoms with Gasteiger partial charge in [-0.3, -0.25) is 10.1 Å². The average Bonchev–Trinajstić information content (AvgIpc) is 3.24. The molecule has 4 heteroatoms. The molecule has 1 aliphatic carbocycles. The van der Waals surface area contributed by atoms with Crippen LogP contribution in [0.15, 0.2) is 134 Å². The van der Waals surface area contributed by atoms with Crippen LogP contribution in [0.4, 0.5) is 11.4 Å². The zero-order valence-electron chi connectivity index (χ0n) is 21.9. The first-order valence-electron chi connectivity index (χ1n) is 12.8. The molecule has 0 atom stereocenters. The van der Waals surface area contributed by atoms with Gasteiger partial charge in [0, 0.05) is 23.0 Å². The lowest BCUT2D eigenvalue weighted by Gasteiger charge is -2.29. The summed E-state index contributed by atoms with van der Waals surface area (Å²) in [6, 6.07) is 25.9. The maximum absolute atomic E-state index is 11.7. The van der Waals surface area contributed by atoms with Crippen LogP contribution in [0.25, 0.3) is 16.7 Å². The molecule has 0 fully saturated rings. The summed E-state index contributed by atoms with van der Waals surface area (Å²) in [5.41, 5.74) is 9.68. The number of para-hydroxylation sites is 2. The van der Waals surface area contributed by atoms with Crippen molar-refractivity contribution in [1.82, 2.24) is 0 Å². The first-order valence-corrected chi connectivity index (χ1v) is 12.8. The zero-order valence-corrected chi connectivity index (χ0v) is 21.9. The van der Waals surface area contributed by atoms with Crippen molar-refractivity contribution < 1.29 is 4.92 Å². The largest absolute Gasteiger partial charge is 0.310 e. The summed E-state index contributed by atoms with van der Waals surface area (Å²) < 4.78 is 0. The van der Waals surface area contributed by atoms with E-state index < -0.39 is 0 Å². The third-order valence-corrected chi connectivity index (χ3v) is 6.66. The molecule has 3 aromatic rings. The smallest absolute Gasteiger partial charge is 0.277 e. The van der Waals surface area contributed by atoms with Gasteiger partial charge in [-0.25, -0.2) is 0 Å². The van der Waals surface area contributed by atoms with Crippen molar-refractivity contribution in [1.29, 1.82) is 0 Å². The molecule has 0 saturated carbocycles. The van der Waals surface area contributed by atoms with Crippen LogP contribution in [-0.2, 0) is 0 Å². The summed E-state index contributed by atoms with van der Waals surface area (Å²) >= 11 is 0. The van der Waals surface area contributed by atoms with Gasteiger partial charge in [0.2, 0.25) is 0 Å². The molecule has 0 amide bonds. The van der Waals surface area contributed by atoms with E-state index in [9.17, 15) is 10.1 Å². The van der Waals surface area contributed by atoms with Crippen molar-refractivity contribution in [2.75, 3.05) is 4.90 Å². The second-order valence-corrected chi connectivity index (χ2v) is 8.75. The Kier molecular flexibility index (Phi) is 8.34. The van der Waals surface area contributed by atoms with Gasteiger partial charge in [0.1, 0.15) is 0 Å². The van der Waals surface area contributed by atoms with Gasteiger partial charge < -0.3 is 4.90 Å². The molecule has 2 aliphatic rings. The van der Waals surface area contributed by atoms with E-state index in [1.54, 1.807) is 12.1 Å².